The molecular formula is C13H17N3Se. The molecule has 17 heavy (non-hydrogen) atoms. The van der Waals surface area contributed by atoms with Crippen LogP contribution >= 0.6 is 0 Å². The maximum atomic E-state index is 5.49. The van der Waals surface area contributed by atoms with Gasteiger partial charge >= 0.3 is 107 Å². The van der Waals surface area contributed by atoms with Crippen LogP contribution in [0.4, 0.5) is 0 Å². The van der Waals surface area contributed by atoms with Crippen LogP contribution in [0.25, 0.3) is 11.3 Å². The summed E-state index contributed by atoms with van der Waals surface area (Å²) in [6.45, 7) is 5.35. The van der Waals surface area contributed by atoms with Crippen LogP contribution in [0.15, 0.2) is 35.4 Å². The van der Waals surface area contributed by atoms with Gasteiger partial charge in [0.25, 0.3) is 0 Å². The molecule has 2 aromatic rings. The minimum atomic E-state index is 0.273. The molecule has 0 amide bonds. The Labute approximate surface area is 107 Å². The summed E-state index contributed by atoms with van der Waals surface area (Å²) in [5.41, 5.74) is 2.57. The molecule has 4 heteroatoms. The number of nitrogens with zero attached hydrogens (tertiary/aromatic N) is 2. The van der Waals surface area contributed by atoms with Gasteiger partial charge in [-0.3, -0.25) is 0 Å². The first kappa shape index (κ1) is 12.2. The summed E-state index contributed by atoms with van der Waals surface area (Å²) >= 11 is 0.273. The van der Waals surface area contributed by atoms with E-state index in [1.165, 1.54) is 15.7 Å². The molecule has 2 rings (SSSR count). The number of hydrogen-bond acceptors (Lipinski definition) is 2. The fourth-order valence-electron chi connectivity index (χ4n) is 2.01. The minimum absolute atomic E-state index is 0.273. The van der Waals surface area contributed by atoms with Crippen LogP contribution in [0.3, 0.4) is 0 Å². The van der Waals surface area contributed by atoms with Crippen LogP contribution in [0, 0.1) is 6.92 Å². The molecule has 0 unspecified atom stereocenters. The van der Waals surface area contributed by atoms with E-state index >= 15 is 0 Å². The average Bonchev–Trinajstić information content (AvgIpc) is 2.67. The van der Waals surface area contributed by atoms with Crippen LogP contribution in [0.2, 0.25) is 0 Å². The monoisotopic (exact) mass is 295 g/mol. The summed E-state index contributed by atoms with van der Waals surface area (Å²) in [4.78, 5) is 0. The molecule has 0 aliphatic carbocycles. The van der Waals surface area contributed by atoms with E-state index in [-0.39, 0.29) is 14.5 Å². The first-order valence-corrected chi connectivity index (χ1v) is 7.48. The predicted molar refractivity (Wildman–Crippen MR) is 71.6 cm³/mol. The van der Waals surface area contributed by atoms with Crippen LogP contribution in [0.5, 0.6) is 0 Å². The molecule has 90 valence electrons. The quantitative estimate of drug-likeness (QED) is 0.523. The zero-order valence-corrected chi connectivity index (χ0v) is 11.9. The number of nitrogens with two attached hydrogens (primary N) is 1. The zero-order valence-electron chi connectivity index (χ0n) is 10.2. The number of aryl methyl sites for hydroxylation is 1. The number of hydrogen-bond donors (Lipinski definition) is 1. The molecule has 3 nitrogen and oxygen atoms in total. The van der Waals surface area contributed by atoms with Crippen molar-refractivity contribution in [2.24, 2.45) is 10.9 Å². The SMILES string of the molecule is CCCn1c(-c2ccccc2)c(C)[se]/c1=N/N. The fourth-order valence-corrected chi connectivity index (χ4v) is 3.99. The van der Waals surface area contributed by atoms with Crippen molar-refractivity contribution in [3.63, 3.8) is 0 Å². The van der Waals surface area contributed by atoms with E-state index in [0.717, 1.165) is 17.3 Å². The number of aromatic nitrogens is 1. The van der Waals surface area contributed by atoms with Crippen molar-refractivity contribution in [2.45, 2.75) is 26.8 Å². The molecule has 0 aliphatic heterocycles. The van der Waals surface area contributed by atoms with E-state index < -0.39 is 0 Å². The summed E-state index contributed by atoms with van der Waals surface area (Å²) in [6.07, 6.45) is 1.10. The Morgan fingerprint density at radius 2 is 2.00 bits per heavy atom. The van der Waals surface area contributed by atoms with E-state index in [1.807, 2.05) is 6.07 Å². The third-order valence-electron chi connectivity index (χ3n) is 2.68. The van der Waals surface area contributed by atoms with Gasteiger partial charge in [0, 0.05) is 0 Å². The number of rotatable bonds is 3. The topological polar surface area (TPSA) is 43.3 Å². The van der Waals surface area contributed by atoms with Crippen molar-refractivity contribution in [1.82, 2.24) is 4.57 Å². The molecule has 0 radical (unpaired) electrons. The van der Waals surface area contributed by atoms with Crippen LogP contribution < -0.4 is 10.2 Å². The summed E-state index contributed by atoms with van der Waals surface area (Å²) in [7, 11) is 0. The second kappa shape index (κ2) is 5.39. The van der Waals surface area contributed by atoms with Gasteiger partial charge in [-0.25, -0.2) is 0 Å². The molecule has 0 bridgehead atoms. The van der Waals surface area contributed by atoms with Gasteiger partial charge in [-0.15, -0.1) is 0 Å². The van der Waals surface area contributed by atoms with Crippen LogP contribution in [0.1, 0.15) is 17.8 Å². The van der Waals surface area contributed by atoms with Crippen molar-refractivity contribution in [2.75, 3.05) is 0 Å². The Balaban J connectivity index is 2.65. The Hall–Kier alpha value is -1.25. The van der Waals surface area contributed by atoms with E-state index in [0.29, 0.717) is 0 Å². The van der Waals surface area contributed by atoms with Crippen molar-refractivity contribution < 1.29 is 0 Å². The van der Waals surface area contributed by atoms with E-state index in [1.54, 1.807) is 0 Å². The molecule has 1 aromatic heterocycles. The molecule has 2 N–H and O–H groups in total. The standard InChI is InChI=1S/C13H17N3Se/c1-3-9-16-12(10(2)17-13(16)15-14)11-7-5-4-6-8-11/h4-8H,3,9,14H2,1-2H3/b15-13+. The van der Waals surface area contributed by atoms with Crippen LogP contribution in [-0.2, 0) is 6.54 Å². The molecule has 0 saturated carbocycles. The molecule has 0 fully saturated rings. The van der Waals surface area contributed by atoms with Gasteiger partial charge in [-0.05, 0) is 0 Å². The summed E-state index contributed by atoms with van der Waals surface area (Å²) in [5.74, 6) is 5.49. The second-order valence-corrected chi connectivity index (χ2v) is 6.42. The molecule has 1 aromatic carbocycles. The van der Waals surface area contributed by atoms with Crippen molar-refractivity contribution in [3.05, 3.63) is 39.1 Å². The van der Waals surface area contributed by atoms with Gasteiger partial charge in [0.2, 0.25) is 0 Å². The van der Waals surface area contributed by atoms with Crippen molar-refractivity contribution in [1.29, 1.82) is 0 Å². The predicted octanol–water partition coefficient (Wildman–Crippen LogP) is 1.70. The van der Waals surface area contributed by atoms with Crippen molar-refractivity contribution >= 4 is 14.5 Å². The van der Waals surface area contributed by atoms with Gasteiger partial charge in [0.05, 0.1) is 0 Å². The molecule has 0 saturated heterocycles. The van der Waals surface area contributed by atoms with E-state index in [4.69, 9.17) is 5.84 Å². The zero-order chi connectivity index (χ0) is 12.3. The Morgan fingerprint density at radius 1 is 1.29 bits per heavy atom. The second-order valence-electron chi connectivity index (χ2n) is 3.94. The third kappa shape index (κ3) is 2.38. The molecule has 0 aliphatic rings. The first-order valence-electron chi connectivity index (χ1n) is 5.77. The number of benzene rings is 1. The Kier molecular flexibility index (Phi) is 3.87. The van der Waals surface area contributed by atoms with Crippen LogP contribution in [-0.4, -0.2) is 19.1 Å². The van der Waals surface area contributed by atoms with Gasteiger partial charge in [-0.1, -0.05) is 0 Å². The Morgan fingerprint density at radius 3 is 2.59 bits per heavy atom. The van der Waals surface area contributed by atoms with Gasteiger partial charge in [0.1, 0.15) is 0 Å². The normalized spacial score (nSPS) is 12.0. The van der Waals surface area contributed by atoms with Crippen molar-refractivity contribution in [3.8, 4) is 11.3 Å². The summed E-state index contributed by atoms with van der Waals surface area (Å²) in [5, 5.41) is 3.94. The molecular weight excluding hydrogens is 277 g/mol. The Bertz CT molecular complexity index is 552. The third-order valence-corrected chi connectivity index (χ3v) is 4.80. The first-order chi connectivity index (χ1) is 8.27. The van der Waals surface area contributed by atoms with Gasteiger partial charge in [-0.2, -0.15) is 0 Å². The average molecular weight is 294 g/mol. The summed E-state index contributed by atoms with van der Waals surface area (Å²) in [6, 6.07) is 10.5. The maximum absolute atomic E-state index is 5.49. The van der Waals surface area contributed by atoms with E-state index in [9.17, 15) is 0 Å². The van der Waals surface area contributed by atoms with E-state index in [2.05, 4.69) is 47.8 Å². The van der Waals surface area contributed by atoms with Gasteiger partial charge < -0.3 is 0 Å². The molecule has 1 heterocycles. The van der Waals surface area contributed by atoms with Gasteiger partial charge in [0.15, 0.2) is 0 Å². The summed E-state index contributed by atoms with van der Waals surface area (Å²) < 4.78 is 4.71. The molecule has 0 atom stereocenters. The fraction of sp³-hybridized carbons (Fsp3) is 0.308. The molecule has 0 spiro atoms.